The van der Waals surface area contributed by atoms with Crippen molar-refractivity contribution in [2.24, 2.45) is 0 Å². The third-order valence-corrected chi connectivity index (χ3v) is 2.39. The van der Waals surface area contributed by atoms with Crippen LogP contribution >= 0.6 is 0 Å². The summed E-state index contributed by atoms with van der Waals surface area (Å²) in [5.41, 5.74) is 0. The number of ether oxygens (including phenoxy) is 3. The first kappa shape index (κ1) is 13.2. The highest BCUT2D eigenvalue weighted by atomic mass is 16.7. The minimum absolute atomic E-state index is 0.114. The van der Waals surface area contributed by atoms with Crippen molar-refractivity contribution in [1.29, 1.82) is 0 Å². The highest BCUT2D eigenvalue weighted by Gasteiger charge is 2.39. The molecule has 0 aromatic carbocycles. The van der Waals surface area contributed by atoms with Crippen molar-refractivity contribution in [3.63, 3.8) is 0 Å². The number of rotatable bonds is 5. The minimum Gasteiger partial charge on any atom is -0.466 e. The van der Waals surface area contributed by atoms with Crippen LogP contribution in [0.25, 0.3) is 0 Å². The predicted molar refractivity (Wildman–Crippen MR) is 59.9 cm³/mol. The van der Waals surface area contributed by atoms with Crippen LogP contribution in [-0.2, 0) is 19.0 Å². The Labute approximate surface area is 96.6 Å². The molecule has 1 aliphatic rings. The average Bonchev–Trinajstić information content (AvgIpc) is 2.51. The van der Waals surface area contributed by atoms with E-state index in [0.717, 1.165) is 0 Å². The van der Waals surface area contributed by atoms with Crippen LogP contribution in [0.3, 0.4) is 0 Å². The smallest absolute Gasteiger partial charge is 0.305 e. The zero-order valence-electron chi connectivity index (χ0n) is 10.2. The van der Waals surface area contributed by atoms with Crippen molar-refractivity contribution in [1.82, 2.24) is 0 Å². The van der Waals surface area contributed by atoms with Gasteiger partial charge in [-0.05, 0) is 27.2 Å². The topological polar surface area (TPSA) is 44.8 Å². The summed E-state index contributed by atoms with van der Waals surface area (Å²) < 4.78 is 16.2. The maximum absolute atomic E-state index is 11.2. The van der Waals surface area contributed by atoms with Crippen LogP contribution in [0.1, 0.15) is 33.6 Å². The summed E-state index contributed by atoms with van der Waals surface area (Å²) in [5, 5.41) is 0. The van der Waals surface area contributed by atoms with Gasteiger partial charge in [-0.1, -0.05) is 6.08 Å². The van der Waals surface area contributed by atoms with E-state index in [2.05, 4.69) is 6.58 Å². The second-order valence-corrected chi connectivity index (χ2v) is 4.22. The lowest BCUT2D eigenvalue weighted by Gasteiger charge is -2.16. The number of hydrogen-bond donors (Lipinski definition) is 0. The molecule has 1 rings (SSSR count). The van der Waals surface area contributed by atoms with Crippen molar-refractivity contribution in [3.8, 4) is 0 Å². The second kappa shape index (κ2) is 5.46. The summed E-state index contributed by atoms with van der Waals surface area (Å²) in [6.45, 7) is 9.62. The van der Waals surface area contributed by atoms with Crippen molar-refractivity contribution in [3.05, 3.63) is 12.7 Å². The minimum atomic E-state index is -0.599. The molecule has 4 nitrogen and oxygen atoms in total. The van der Waals surface area contributed by atoms with Crippen LogP contribution in [0.5, 0.6) is 0 Å². The van der Waals surface area contributed by atoms with Gasteiger partial charge in [0.25, 0.3) is 0 Å². The van der Waals surface area contributed by atoms with Gasteiger partial charge >= 0.3 is 5.97 Å². The van der Waals surface area contributed by atoms with Crippen LogP contribution in [0.4, 0.5) is 0 Å². The Kier molecular flexibility index (Phi) is 4.50. The molecule has 4 heteroatoms. The van der Waals surface area contributed by atoms with E-state index >= 15 is 0 Å². The van der Waals surface area contributed by atoms with Gasteiger partial charge in [0.2, 0.25) is 0 Å². The van der Waals surface area contributed by atoms with Crippen molar-refractivity contribution >= 4 is 5.97 Å². The van der Waals surface area contributed by atoms with Crippen LogP contribution in [0.2, 0.25) is 0 Å². The molecule has 0 bridgehead atoms. The van der Waals surface area contributed by atoms with Gasteiger partial charge < -0.3 is 14.2 Å². The van der Waals surface area contributed by atoms with E-state index in [1.54, 1.807) is 13.0 Å². The normalized spacial score (nSPS) is 27.7. The molecule has 1 fully saturated rings. The largest absolute Gasteiger partial charge is 0.466 e. The molecule has 1 aliphatic heterocycles. The molecular formula is C12H20O4. The number of carbonyl (C=O) groups is 1. The fourth-order valence-electron chi connectivity index (χ4n) is 1.78. The van der Waals surface area contributed by atoms with Crippen molar-refractivity contribution < 1.29 is 19.0 Å². The van der Waals surface area contributed by atoms with Gasteiger partial charge in [-0.15, -0.1) is 6.58 Å². The molecule has 0 saturated carbocycles. The standard InChI is InChI=1S/C12H20O4/c1-5-9-10(16-12(3,4)15-9)7-8-11(13)14-6-2/h5,9-10H,1,6-8H2,2-4H3/t9-,10-/m1/s1. The molecule has 2 atom stereocenters. The number of esters is 1. The van der Waals surface area contributed by atoms with Gasteiger partial charge in [0.1, 0.15) is 6.10 Å². The van der Waals surface area contributed by atoms with Crippen LogP contribution in [0, 0.1) is 0 Å². The van der Waals surface area contributed by atoms with E-state index in [4.69, 9.17) is 14.2 Å². The summed E-state index contributed by atoms with van der Waals surface area (Å²) in [7, 11) is 0. The molecule has 0 unspecified atom stereocenters. The zero-order chi connectivity index (χ0) is 12.2. The van der Waals surface area contributed by atoms with Crippen LogP contribution < -0.4 is 0 Å². The first-order valence-corrected chi connectivity index (χ1v) is 5.62. The van der Waals surface area contributed by atoms with E-state index in [1.165, 1.54) is 0 Å². The zero-order valence-corrected chi connectivity index (χ0v) is 10.2. The molecule has 1 saturated heterocycles. The Morgan fingerprint density at radius 3 is 2.75 bits per heavy atom. The summed E-state index contributed by atoms with van der Waals surface area (Å²) in [5.74, 6) is -0.795. The third kappa shape index (κ3) is 3.61. The first-order chi connectivity index (χ1) is 7.48. The molecule has 0 aromatic rings. The second-order valence-electron chi connectivity index (χ2n) is 4.22. The fourth-order valence-corrected chi connectivity index (χ4v) is 1.78. The van der Waals surface area contributed by atoms with Gasteiger partial charge in [0, 0.05) is 6.42 Å². The van der Waals surface area contributed by atoms with E-state index in [0.29, 0.717) is 19.4 Å². The van der Waals surface area contributed by atoms with Crippen molar-refractivity contribution in [2.45, 2.75) is 51.6 Å². The highest BCUT2D eigenvalue weighted by Crippen LogP contribution is 2.30. The SMILES string of the molecule is C=C[C@H]1OC(C)(C)O[C@@H]1CCC(=O)OCC. The molecule has 16 heavy (non-hydrogen) atoms. The van der Waals surface area contributed by atoms with Gasteiger partial charge in [0.15, 0.2) is 5.79 Å². The monoisotopic (exact) mass is 228 g/mol. The van der Waals surface area contributed by atoms with E-state index in [9.17, 15) is 4.79 Å². The Bertz CT molecular complexity index is 260. The molecule has 0 amide bonds. The van der Waals surface area contributed by atoms with Crippen LogP contribution in [-0.4, -0.2) is 30.6 Å². The summed E-state index contributed by atoms with van der Waals surface area (Å²) in [6.07, 6.45) is 2.40. The van der Waals surface area contributed by atoms with Gasteiger partial charge in [0.05, 0.1) is 12.7 Å². The maximum Gasteiger partial charge on any atom is 0.305 e. The molecular weight excluding hydrogens is 208 g/mol. The Hall–Kier alpha value is -0.870. The molecule has 92 valence electrons. The number of hydrogen-bond acceptors (Lipinski definition) is 4. The number of carbonyl (C=O) groups excluding carboxylic acids is 1. The fraction of sp³-hybridized carbons (Fsp3) is 0.750. The predicted octanol–water partition coefficient (Wildman–Crippen LogP) is 2.04. The lowest BCUT2D eigenvalue weighted by atomic mass is 10.1. The average molecular weight is 228 g/mol. The van der Waals surface area contributed by atoms with Gasteiger partial charge in [-0.25, -0.2) is 0 Å². The molecule has 0 N–H and O–H groups in total. The van der Waals surface area contributed by atoms with E-state index < -0.39 is 5.79 Å². The molecule has 0 spiro atoms. The lowest BCUT2D eigenvalue weighted by molar-refractivity contribution is -0.149. The van der Waals surface area contributed by atoms with E-state index in [-0.39, 0.29) is 18.2 Å². The van der Waals surface area contributed by atoms with Crippen LogP contribution in [0.15, 0.2) is 12.7 Å². The summed E-state index contributed by atoms with van der Waals surface area (Å²) in [6, 6.07) is 0. The summed E-state index contributed by atoms with van der Waals surface area (Å²) >= 11 is 0. The Balaban J connectivity index is 2.41. The third-order valence-electron chi connectivity index (χ3n) is 2.39. The molecule has 0 aromatic heterocycles. The quantitative estimate of drug-likeness (QED) is 0.533. The Morgan fingerprint density at radius 1 is 1.50 bits per heavy atom. The maximum atomic E-state index is 11.2. The van der Waals surface area contributed by atoms with Crippen molar-refractivity contribution in [2.75, 3.05) is 6.61 Å². The summed E-state index contributed by atoms with van der Waals surface area (Å²) in [4.78, 5) is 11.2. The van der Waals surface area contributed by atoms with Gasteiger partial charge in [-0.2, -0.15) is 0 Å². The van der Waals surface area contributed by atoms with Gasteiger partial charge in [-0.3, -0.25) is 4.79 Å². The Morgan fingerprint density at radius 2 is 2.19 bits per heavy atom. The lowest BCUT2D eigenvalue weighted by Crippen LogP contribution is -2.22. The first-order valence-electron chi connectivity index (χ1n) is 5.62. The van der Waals surface area contributed by atoms with E-state index in [1.807, 2.05) is 13.8 Å². The highest BCUT2D eigenvalue weighted by molar-refractivity contribution is 5.69. The molecule has 1 heterocycles. The molecule has 0 aliphatic carbocycles. The molecule has 0 radical (unpaired) electrons.